The summed E-state index contributed by atoms with van der Waals surface area (Å²) in [4.78, 5) is 0. The van der Waals surface area contributed by atoms with Crippen LogP contribution in [0.25, 0.3) is 0 Å². The van der Waals surface area contributed by atoms with Gasteiger partial charge >= 0.3 is 0 Å². The molecule has 0 aliphatic heterocycles. The predicted octanol–water partition coefficient (Wildman–Crippen LogP) is 3.26. The van der Waals surface area contributed by atoms with Gasteiger partial charge in [-0.3, -0.25) is 0 Å². The maximum atomic E-state index is 9.12. The number of rotatable bonds is 1. The van der Waals surface area contributed by atoms with Crippen LogP contribution in [0.1, 0.15) is 43.2 Å². The molecule has 0 amide bonds. The number of hydrogen-bond acceptors (Lipinski definition) is 2. The van der Waals surface area contributed by atoms with Crippen molar-refractivity contribution in [2.75, 3.05) is 0 Å². The molecule has 0 spiro atoms. The number of nitrogens with zero attached hydrogens (tertiary/aromatic N) is 2. The third-order valence-corrected chi connectivity index (χ3v) is 3.60. The van der Waals surface area contributed by atoms with Gasteiger partial charge in [0.25, 0.3) is 0 Å². The molecule has 0 heterocycles. The van der Waals surface area contributed by atoms with Crippen LogP contribution in [0.3, 0.4) is 0 Å². The minimum atomic E-state index is -0.0707. The van der Waals surface area contributed by atoms with Gasteiger partial charge in [-0.25, -0.2) is 0 Å². The summed E-state index contributed by atoms with van der Waals surface area (Å²) < 4.78 is 0. The van der Waals surface area contributed by atoms with E-state index in [2.05, 4.69) is 25.1 Å². The molecule has 16 heavy (non-hydrogen) atoms. The van der Waals surface area contributed by atoms with Crippen LogP contribution in [0.15, 0.2) is 24.3 Å². The van der Waals surface area contributed by atoms with E-state index in [-0.39, 0.29) is 11.3 Å². The number of fused-ring (bicyclic) bond motifs is 1. The number of nitriles is 2. The lowest BCUT2D eigenvalue weighted by Gasteiger charge is -2.36. The highest BCUT2D eigenvalue weighted by atomic mass is 14.4. The highest BCUT2D eigenvalue weighted by Crippen LogP contribution is 2.44. The van der Waals surface area contributed by atoms with Crippen molar-refractivity contribution in [3.05, 3.63) is 35.4 Å². The predicted molar refractivity (Wildman–Crippen MR) is 61.6 cm³/mol. The zero-order valence-corrected chi connectivity index (χ0v) is 9.40. The van der Waals surface area contributed by atoms with Crippen LogP contribution < -0.4 is 0 Å². The summed E-state index contributed by atoms with van der Waals surface area (Å²) in [6.45, 7) is 2.13. The Morgan fingerprint density at radius 1 is 1.38 bits per heavy atom. The van der Waals surface area contributed by atoms with Crippen LogP contribution in [0.5, 0.6) is 0 Å². The van der Waals surface area contributed by atoms with Crippen LogP contribution in [0.2, 0.25) is 0 Å². The first kappa shape index (κ1) is 10.7. The first-order valence-electron chi connectivity index (χ1n) is 5.57. The Hall–Kier alpha value is -1.80. The second kappa shape index (κ2) is 3.99. The van der Waals surface area contributed by atoms with Gasteiger partial charge in [0.1, 0.15) is 0 Å². The monoisotopic (exact) mass is 210 g/mol. The van der Waals surface area contributed by atoms with Gasteiger partial charge in [-0.05, 0) is 24.0 Å². The second-order valence-corrected chi connectivity index (χ2v) is 4.70. The maximum Gasteiger partial charge on any atom is 0.0715 e. The van der Waals surface area contributed by atoms with Gasteiger partial charge in [0.05, 0.1) is 18.1 Å². The van der Waals surface area contributed by atoms with Crippen LogP contribution in [-0.2, 0) is 5.41 Å². The molecule has 0 bridgehead atoms. The Labute approximate surface area is 96.1 Å². The largest absolute Gasteiger partial charge is 0.198 e. The summed E-state index contributed by atoms with van der Waals surface area (Å²) in [7, 11) is 0. The molecule has 2 atom stereocenters. The van der Waals surface area contributed by atoms with Crippen LogP contribution in [0.4, 0.5) is 0 Å². The molecule has 0 N–H and O–H groups in total. The number of hydrogen-bond donors (Lipinski definition) is 0. The first-order chi connectivity index (χ1) is 7.71. The SMILES string of the molecule is CC1(CC#N)CCC(C#N)c2ccccc21. The topological polar surface area (TPSA) is 47.6 Å². The fourth-order valence-electron chi connectivity index (χ4n) is 2.60. The van der Waals surface area contributed by atoms with Crippen molar-refractivity contribution in [2.45, 2.75) is 37.5 Å². The molecule has 2 unspecified atom stereocenters. The lowest BCUT2D eigenvalue weighted by atomic mass is 9.66. The van der Waals surface area contributed by atoms with Crippen molar-refractivity contribution < 1.29 is 0 Å². The molecule has 1 aliphatic rings. The normalized spacial score (nSPS) is 27.6. The quantitative estimate of drug-likeness (QED) is 0.714. The molecule has 1 aliphatic carbocycles. The minimum Gasteiger partial charge on any atom is -0.198 e. The van der Waals surface area contributed by atoms with Crippen molar-refractivity contribution in [2.24, 2.45) is 0 Å². The molecule has 2 nitrogen and oxygen atoms in total. The van der Waals surface area contributed by atoms with Crippen molar-refractivity contribution in [1.29, 1.82) is 10.5 Å². The Morgan fingerprint density at radius 3 is 2.81 bits per heavy atom. The Balaban J connectivity index is 2.52. The highest BCUT2D eigenvalue weighted by molar-refractivity contribution is 5.42. The molecule has 0 fully saturated rings. The Bertz CT molecular complexity index is 478. The van der Waals surface area contributed by atoms with Crippen molar-refractivity contribution in [1.82, 2.24) is 0 Å². The Morgan fingerprint density at radius 2 is 2.12 bits per heavy atom. The van der Waals surface area contributed by atoms with Gasteiger partial charge in [0, 0.05) is 11.8 Å². The van der Waals surface area contributed by atoms with Crippen LogP contribution in [0, 0.1) is 22.7 Å². The van der Waals surface area contributed by atoms with Gasteiger partial charge < -0.3 is 0 Å². The molecule has 1 aromatic rings. The van der Waals surface area contributed by atoms with Crippen molar-refractivity contribution in [3.8, 4) is 12.1 Å². The molecule has 0 radical (unpaired) electrons. The van der Waals surface area contributed by atoms with Gasteiger partial charge in [-0.1, -0.05) is 31.2 Å². The third-order valence-electron chi connectivity index (χ3n) is 3.60. The van der Waals surface area contributed by atoms with E-state index in [0.717, 1.165) is 18.4 Å². The van der Waals surface area contributed by atoms with E-state index in [0.29, 0.717) is 6.42 Å². The minimum absolute atomic E-state index is 0.00275. The van der Waals surface area contributed by atoms with Crippen molar-refractivity contribution in [3.63, 3.8) is 0 Å². The summed E-state index contributed by atoms with van der Waals surface area (Å²) in [5, 5.41) is 18.0. The van der Waals surface area contributed by atoms with E-state index in [1.807, 2.05) is 18.2 Å². The standard InChI is InChI=1S/C14H14N2/c1-14(8-9-15)7-6-11(10-16)12-4-2-3-5-13(12)14/h2-5,11H,6-8H2,1H3. The van der Waals surface area contributed by atoms with Gasteiger partial charge in [0.15, 0.2) is 0 Å². The summed E-state index contributed by atoms with van der Waals surface area (Å²) in [5.74, 6) is 0.00275. The lowest BCUT2D eigenvalue weighted by Crippen LogP contribution is -2.28. The summed E-state index contributed by atoms with van der Waals surface area (Å²) in [6, 6.07) is 12.7. The first-order valence-corrected chi connectivity index (χ1v) is 5.57. The molecule has 0 saturated carbocycles. The van der Waals surface area contributed by atoms with E-state index in [9.17, 15) is 0 Å². The number of benzene rings is 1. The molecule has 0 saturated heterocycles. The van der Waals surface area contributed by atoms with Crippen molar-refractivity contribution >= 4 is 0 Å². The van der Waals surface area contributed by atoms with E-state index in [1.165, 1.54) is 5.56 Å². The molecule has 1 aromatic carbocycles. The van der Waals surface area contributed by atoms with E-state index in [1.54, 1.807) is 0 Å². The van der Waals surface area contributed by atoms with E-state index >= 15 is 0 Å². The second-order valence-electron chi connectivity index (χ2n) is 4.70. The lowest BCUT2D eigenvalue weighted by molar-refractivity contribution is 0.389. The summed E-state index contributed by atoms with van der Waals surface area (Å²) in [5.41, 5.74) is 2.24. The van der Waals surface area contributed by atoms with E-state index < -0.39 is 0 Å². The third kappa shape index (κ3) is 1.57. The van der Waals surface area contributed by atoms with Crippen LogP contribution >= 0.6 is 0 Å². The Kier molecular flexibility index (Phi) is 2.67. The van der Waals surface area contributed by atoms with E-state index in [4.69, 9.17) is 10.5 Å². The fraction of sp³-hybridized carbons (Fsp3) is 0.429. The fourth-order valence-corrected chi connectivity index (χ4v) is 2.60. The molecule has 2 heteroatoms. The molecular formula is C14H14N2. The molecule has 0 aromatic heterocycles. The zero-order valence-electron chi connectivity index (χ0n) is 9.40. The maximum absolute atomic E-state index is 9.12. The van der Waals surface area contributed by atoms with Gasteiger partial charge in [-0.2, -0.15) is 10.5 Å². The average molecular weight is 210 g/mol. The highest BCUT2D eigenvalue weighted by Gasteiger charge is 2.35. The summed E-state index contributed by atoms with van der Waals surface area (Å²) in [6.07, 6.45) is 2.32. The molecule has 80 valence electrons. The van der Waals surface area contributed by atoms with Gasteiger partial charge in [-0.15, -0.1) is 0 Å². The van der Waals surface area contributed by atoms with Crippen LogP contribution in [-0.4, -0.2) is 0 Å². The van der Waals surface area contributed by atoms with Gasteiger partial charge in [0.2, 0.25) is 0 Å². The smallest absolute Gasteiger partial charge is 0.0715 e. The zero-order chi connectivity index (χ0) is 11.6. The summed E-state index contributed by atoms with van der Waals surface area (Å²) >= 11 is 0. The molecule has 2 rings (SSSR count). The molecular weight excluding hydrogens is 196 g/mol. The average Bonchev–Trinajstić information content (AvgIpc) is 2.30.